The van der Waals surface area contributed by atoms with Gasteiger partial charge in [-0.2, -0.15) is 0 Å². The minimum atomic E-state index is -4.89. The number of hydrogen-bond donors (Lipinski definition) is 4. The largest absolute Gasteiger partial charge is 2.00 e. The molecule has 0 fully saturated rings. The van der Waals surface area contributed by atoms with Crippen molar-refractivity contribution in [2.75, 3.05) is 0 Å². The van der Waals surface area contributed by atoms with Gasteiger partial charge in [-0.05, 0) is 70.8 Å². The van der Waals surface area contributed by atoms with E-state index in [0.29, 0.717) is 0 Å². The van der Waals surface area contributed by atoms with E-state index in [1.807, 2.05) is 48.5 Å². The summed E-state index contributed by atoms with van der Waals surface area (Å²) in [5, 5.41) is 0. The number of aromatic nitrogens is 4. The number of rotatable bonds is 2. The maximum absolute atomic E-state index is 8.77. The van der Waals surface area contributed by atoms with E-state index in [-0.39, 0.29) is 28.0 Å². The summed E-state index contributed by atoms with van der Waals surface area (Å²) < 4.78 is 17.5. The van der Waals surface area contributed by atoms with Gasteiger partial charge in [0, 0.05) is 49.6 Å². The Morgan fingerprint density at radius 3 is 0.676 bits per heavy atom. The van der Waals surface area contributed by atoms with E-state index in [4.69, 9.17) is 38.5 Å². The first-order chi connectivity index (χ1) is 15.9. The summed E-state index contributed by atoms with van der Waals surface area (Å²) in [6.45, 7) is 0. The van der Waals surface area contributed by atoms with E-state index in [1.165, 1.54) is 22.3 Å². The molecular formula is C20H24CuN4O10P2. The van der Waals surface area contributed by atoms with Crippen molar-refractivity contribution in [1.82, 2.24) is 19.9 Å². The molecule has 0 aromatic carbocycles. The minimum Gasteiger partial charge on any atom is -0.756 e. The first kappa shape index (κ1) is 38.8. The molecule has 4 aromatic rings. The van der Waals surface area contributed by atoms with Crippen LogP contribution in [0.1, 0.15) is 0 Å². The monoisotopic (exact) mass is 605 g/mol. The molecule has 1 radical (unpaired) electrons. The summed E-state index contributed by atoms with van der Waals surface area (Å²) in [7, 11) is -9.78. The zero-order valence-corrected chi connectivity index (χ0v) is 21.4. The molecular weight excluding hydrogens is 582 g/mol. The van der Waals surface area contributed by atoms with Gasteiger partial charge >= 0.3 is 17.1 Å². The molecule has 0 unspecified atom stereocenters. The second-order valence-electron chi connectivity index (χ2n) is 5.92. The third-order valence-corrected chi connectivity index (χ3v) is 3.39. The van der Waals surface area contributed by atoms with E-state index in [2.05, 4.69) is 19.9 Å². The zero-order valence-electron chi connectivity index (χ0n) is 18.6. The first-order valence-electron chi connectivity index (χ1n) is 9.07. The zero-order chi connectivity index (χ0) is 25.5. The fourth-order valence-electron chi connectivity index (χ4n) is 2.18. The molecule has 0 saturated heterocycles. The summed E-state index contributed by atoms with van der Waals surface area (Å²) in [6, 6.07) is 15.9. The van der Waals surface area contributed by atoms with Crippen molar-refractivity contribution in [2.24, 2.45) is 0 Å². The first-order valence-corrected chi connectivity index (χ1v) is 12.1. The number of hydrogen-bond acceptors (Lipinski definition) is 8. The quantitative estimate of drug-likeness (QED) is 0.166. The van der Waals surface area contributed by atoms with Crippen LogP contribution in [0, 0.1) is 0 Å². The van der Waals surface area contributed by atoms with Crippen molar-refractivity contribution < 1.29 is 66.5 Å². The van der Waals surface area contributed by atoms with Gasteiger partial charge in [-0.15, -0.1) is 0 Å². The molecule has 0 aliphatic carbocycles. The molecule has 4 aromatic heterocycles. The summed E-state index contributed by atoms with van der Waals surface area (Å²) in [5.41, 5.74) is 4.69. The Labute approximate surface area is 222 Å². The van der Waals surface area contributed by atoms with Gasteiger partial charge in [-0.25, -0.2) is 0 Å². The number of pyridine rings is 4. The summed E-state index contributed by atoms with van der Waals surface area (Å²) in [6.07, 6.45) is 14.3. The molecule has 0 saturated carbocycles. The van der Waals surface area contributed by atoms with Gasteiger partial charge in [0.2, 0.25) is 0 Å². The standard InChI is InChI=1S/2C10H8N2.Cu.2H3O4P.2H2O/c2*1-5-11-6-2-9(1)10-3-7-12-8-4-10;;2*1-5(2,3)4;;/h2*1-8H;;2*(H3,1,2,3,4);2*1H2/q;;+2;;;;/p-2. The third-order valence-electron chi connectivity index (χ3n) is 3.39. The minimum absolute atomic E-state index is 0. The van der Waals surface area contributed by atoms with Gasteiger partial charge in [-0.3, -0.25) is 29.1 Å². The van der Waals surface area contributed by atoms with Crippen LogP contribution in [-0.2, 0) is 26.2 Å². The van der Waals surface area contributed by atoms with Crippen LogP contribution in [0.4, 0.5) is 0 Å². The molecule has 0 spiro atoms. The molecule has 0 aliphatic heterocycles. The molecule has 8 N–H and O–H groups in total. The van der Waals surface area contributed by atoms with E-state index >= 15 is 0 Å². The van der Waals surface area contributed by atoms with Gasteiger partial charge in [0.1, 0.15) is 0 Å². The maximum atomic E-state index is 8.77. The Morgan fingerprint density at radius 1 is 0.459 bits per heavy atom. The van der Waals surface area contributed by atoms with Crippen LogP contribution in [-0.4, -0.2) is 50.5 Å². The number of phosphoric acid groups is 2. The summed E-state index contributed by atoms with van der Waals surface area (Å²) in [5.74, 6) is 0. The summed E-state index contributed by atoms with van der Waals surface area (Å²) in [4.78, 5) is 61.7. The predicted molar refractivity (Wildman–Crippen MR) is 126 cm³/mol. The smallest absolute Gasteiger partial charge is 0.756 e. The molecule has 4 heterocycles. The van der Waals surface area contributed by atoms with Crippen molar-refractivity contribution in [3.8, 4) is 22.3 Å². The second-order valence-corrected chi connectivity index (χ2v) is 7.89. The van der Waals surface area contributed by atoms with E-state index in [0.717, 1.165) is 0 Å². The predicted octanol–water partition coefficient (Wildman–Crippen LogP) is -0.486. The van der Waals surface area contributed by atoms with Crippen molar-refractivity contribution >= 4 is 15.6 Å². The van der Waals surface area contributed by atoms with Crippen LogP contribution in [0.3, 0.4) is 0 Å². The van der Waals surface area contributed by atoms with E-state index in [9.17, 15) is 0 Å². The Bertz CT molecular complexity index is 986. The van der Waals surface area contributed by atoms with E-state index < -0.39 is 15.6 Å². The van der Waals surface area contributed by atoms with Crippen LogP contribution in [0.2, 0.25) is 0 Å². The topological polar surface area (TPSA) is 276 Å². The van der Waals surface area contributed by atoms with E-state index in [1.54, 1.807) is 49.6 Å². The molecule has 4 rings (SSSR count). The van der Waals surface area contributed by atoms with Crippen molar-refractivity contribution in [1.29, 1.82) is 0 Å². The Balaban J connectivity index is -0.000000439. The van der Waals surface area contributed by atoms with Gasteiger partial charge in [0.05, 0.1) is 0 Å². The average molecular weight is 606 g/mol. The molecule has 205 valence electrons. The summed E-state index contributed by atoms with van der Waals surface area (Å²) >= 11 is 0. The fraction of sp³-hybridized carbons (Fsp3) is 0. The fourth-order valence-corrected chi connectivity index (χ4v) is 2.18. The Kier molecular flexibility index (Phi) is 21.3. The molecule has 37 heavy (non-hydrogen) atoms. The van der Waals surface area contributed by atoms with Gasteiger partial charge < -0.3 is 40.3 Å². The van der Waals surface area contributed by atoms with Gasteiger partial charge in [0.25, 0.3) is 15.6 Å². The van der Waals surface area contributed by atoms with Crippen LogP contribution in [0.15, 0.2) is 98.1 Å². The third kappa shape index (κ3) is 23.4. The van der Waals surface area contributed by atoms with Crippen LogP contribution < -0.4 is 9.79 Å². The SMILES string of the molecule is O.O.O=P([O-])(O)O.O=P([O-])(O)O.[Cu+2].c1cc(-c2ccncc2)ccn1.c1cc(-c2ccncc2)ccn1. The molecule has 0 bridgehead atoms. The Hall–Kier alpha value is -2.74. The van der Waals surface area contributed by atoms with Gasteiger partial charge in [-0.1, -0.05) is 0 Å². The van der Waals surface area contributed by atoms with Gasteiger partial charge in [0.15, 0.2) is 0 Å². The average Bonchev–Trinajstić information content (AvgIpc) is 2.80. The molecule has 0 amide bonds. The van der Waals surface area contributed by atoms with Crippen LogP contribution in [0.25, 0.3) is 22.3 Å². The molecule has 17 heteroatoms. The van der Waals surface area contributed by atoms with Crippen LogP contribution in [0.5, 0.6) is 0 Å². The maximum Gasteiger partial charge on any atom is 2.00 e. The van der Waals surface area contributed by atoms with Crippen LogP contribution >= 0.6 is 15.6 Å². The molecule has 0 aliphatic rings. The second kappa shape index (κ2) is 20.3. The van der Waals surface area contributed by atoms with Crippen molar-refractivity contribution in [2.45, 2.75) is 0 Å². The normalized spacial score (nSPS) is 9.46. The molecule has 0 atom stereocenters. The Morgan fingerprint density at radius 2 is 0.568 bits per heavy atom. The molecule has 14 nitrogen and oxygen atoms in total. The van der Waals surface area contributed by atoms with Crippen molar-refractivity contribution in [3.05, 3.63) is 98.1 Å². The number of nitrogens with zero attached hydrogens (tertiary/aromatic N) is 4. The van der Waals surface area contributed by atoms with Crippen molar-refractivity contribution in [3.63, 3.8) is 0 Å².